The Bertz CT molecular complexity index is 837. The molecule has 0 aliphatic heterocycles. The first-order valence-electron chi connectivity index (χ1n) is 7.54. The van der Waals surface area contributed by atoms with Crippen molar-refractivity contribution < 1.29 is 19.2 Å². The molecule has 0 saturated heterocycles. The second-order valence-corrected chi connectivity index (χ2v) is 5.06. The van der Waals surface area contributed by atoms with Crippen LogP contribution in [-0.2, 0) is 18.3 Å². The number of esters is 1. The van der Waals surface area contributed by atoms with E-state index in [0.29, 0.717) is 0 Å². The van der Waals surface area contributed by atoms with E-state index in [0.717, 1.165) is 0 Å². The number of aryl methyl sites for hydroxylation is 3. The number of nitro groups is 1. The predicted molar refractivity (Wildman–Crippen MR) is 86.4 cm³/mol. The third-order valence-corrected chi connectivity index (χ3v) is 3.46. The van der Waals surface area contributed by atoms with Crippen molar-refractivity contribution in [1.82, 2.24) is 19.6 Å². The van der Waals surface area contributed by atoms with Crippen molar-refractivity contribution in [3.05, 3.63) is 33.3 Å². The molecule has 2 aromatic rings. The summed E-state index contributed by atoms with van der Waals surface area (Å²) in [7, 11) is 1.52. The van der Waals surface area contributed by atoms with Crippen LogP contribution in [0, 0.1) is 17.0 Å². The van der Waals surface area contributed by atoms with E-state index < -0.39 is 16.8 Å². The van der Waals surface area contributed by atoms with Gasteiger partial charge in [0.1, 0.15) is 17.1 Å². The van der Waals surface area contributed by atoms with Gasteiger partial charge in [-0.2, -0.15) is 10.2 Å². The number of aromatic nitrogens is 4. The Hall–Kier alpha value is -3.24. The van der Waals surface area contributed by atoms with E-state index in [2.05, 4.69) is 15.5 Å². The van der Waals surface area contributed by atoms with E-state index in [1.165, 1.54) is 29.5 Å². The molecule has 0 unspecified atom stereocenters. The summed E-state index contributed by atoms with van der Waals surface area (Å²) in [4.78, 5) is 35.2. The third-order valence-electron chi connectivity index (χ3n) is 3.46. The maximum absolute atomic E-state index is 12.6. The molecule has 0 fully saturated rings. The van der Waals surface area contributed by atoms with Gasteiger partial charge in [0.15, 0.2) is 0 Å². The zero-order valence-corrected chi connectivity index (χ0v) is 14.3. The molecule has 0 spiro atoms. The number of hydrogen-bond donors (Lipinski definition) is 1. The fourth-order valence-electron chi connectivity index (χ4n) is 2.35. The number of ether oxygens (including phenoxy) is 1. The second kappa shape index (κ2) is 7.11. The number of nitrogens with one attached hydrogen (secondary N) is 1. The van der Waals surface area contributed by atoms with Crippen LogP contribution in [0.5, 0.6) is 0 Å². The summed E-state index contributed by atoms with van der Waals surface area (Å²) in [6.07, 6.45) is 1.25. The van der Waals surface area contributed by atoms with Crippen LogP contribution in [0.4, 0.5) is 11.5 Å². The smallest absolute Gasteiger partial charge is 0.343 e. The SMILES string of the molecule is CCOC(=O)c1cnn(C)c1NC(=O)c1c([N+](=O)[O-])c(C)nn1CC. The lowest BCUT2D eigenvalue weighted by molar-refractivity contribution is -0.385. The van der Waals surface area contributed by atoms with E-state index in [4.69, 9.17) is 4.74 Å². The number of amides is 1. The highest BCUT2D eigenvalue weighted by molar-refractivity contribution is 6.08. The number of nitrogens with zero attached hydrogens (tertiary/aromatic N) is 5. The number of carbonyl (C=O) groups is 2. The molecule has 0 aliphatic rings. The van der Waals surface area contributed by atoms with Crippen LogP contribution in [0.25, 0.3) is 0 Å². The standard InChI is InChI=1S/C14H18N6O5/c1-5-19-11(10(20(23)24)8(3)17-19)13(21)16-12-9(7-15-18(12)4)14(22)25-6-2/h7H,5-6H2,1-4H3,(H,16,21). The molecule has 2 aromatic heterocycles. The van der Waals surface area contributed by atoms with Crippen LogP contribution >= 0.6 is 0 Å². The van der Waals surface area contributed by atoms with Crippen molar-refractivity contribution in [3.63, 3.8) is 0 Å². The zero-order chi connectivity index (χ0) is 18.7. The van der Waals surface area contributed by atoms with Gasteiger partial charge in [-0.05, 0) is 20.8 Å². The highest BCUT2D eigenvalue weighted by Crippen LogP contribution is 2.25. The maximum Gasteiger partial charge on any atom is 0.343 e. The lowest BCUT2D eigenvalue weighted by Crippen LogP contribution is -2.21. The molecule has 1 amide bonds. The van der Waals surface area contributed by atoms with Crippen LogP contribution in [0.1, 0.15) is 40.4 Å². The lowest BCUT2D eigenvalue weighted by Gasteiger charge is -2.09. The van der Waals surface area contributed by atoms with Gasteiger partial charge in [-0.3, -0.25) is 24.3 Å². The minimum Gasteiger partial charge on any atom is -0.462 e. The first kappa shape index (κ1) is 18.1. The van der Waals surface area contributed by atoms with E-state index in [1.54, 1.807) is 13.8 Å². The average Bonchev–Trinajstić information content (AvgIpc) is 3.08. The Morgan fingerprint density at radius 3 is 2.64 bits per heavy atom. The fraction of sp³-hybridized carbons (Fsp3) is 0.429. The van der Waals surface area contributed by atoms with Crippen molar-refractivity contribution in [2.45, 2.75) is 27.3 Å². The highest BCUT2D eigenvalue weighted by Gasteiger charge is 2.31. The minimum atomic E-state index is -0.761. The monoisotopic (exact) mass is 350 g/mol. The van der Waals surface area contributed by atoms with Gasteiger partial charge in [0.05, 0.1) is 17.7 Å². The molecule has 134 valence electrons. The molecule has 0 aromatic carbocycles. The Kier molecular flexibility index (Phi) is 5.15. The van der Waals surface area contributed by atoms with Gasteiger partial charge >= 0.3 is 11.7 Å². The zero-order valence-electron chi connectivity index (χ0n) is 14.3. The van der Waals surface area contributed by atoms with Gasteiger partial charge in [-0.25, -0.2) is 4.79 Å². The average molecular weight is 350 g/mol. The van der Waals surface area contributed by atoms with Crippen LogP contribution in [0.15, 0.2) is 6.20 Å². The molecular weight excluding hydrogens is 332 g/mol. The molecule has 0 saturated carbocycles. The first-order valence-corrected chi connectivity index (χ1v) is 7.54. The molecule has 11 heteroatoms. The molecule has 0 aliphatic carbocycles. The van der Waals surface area contributed by atoms with Crippen molar-refractivity contribution in [1.29, 1.82) is 0 Å². The molecule has 2 rings (SSSR count). The summed E-state index contributed by atoms with van der Waals surface area (Å²) in [6, 6.07) is 0. The van der Waals surface area contributed by atoms with Crippen molar-refractivity contribution >= 4 is 23.4 Å². The highest BCUT2D eigenvalue weighted by atomic mass is 16.6. The summed E-state index contributed by atoms with van der Waals surface area (Å²) >= 11 is 0. The molecule has 25 heavy (non-hydrogen) atoms. The topological polar surface area (TPSA) is 134 Å². The summed E-state index contributed by atoms with van der Waals surface area (Å²) in [5.74, 6) is -1.33. The van der Waals surface area contributed by atoms with Crippen molar-refractivity contribution in [2.75, 3.05) is 11.9 Å². The van der Waals surface area contributed by atoms with E-state index >= 15 is 0 Å². The molecule has 11 nitrogen and oxygen atoms in total. The van der Waals surface area contributed by atoms with Crippen LogP contribution in [0.3, 0.4) is 0 Å². The largest absolute Gasteiger partial charge is 0.462 e. The molecule has 1 N–H and O–H groups in total. The molecule has 2 heterocycles. The van der Waals surface area contributed by atoms with Gasteiger partial charge in [0.25, 0.3) is 5.91 Å². The maximum atomic E-state index is 12.6. The Morgan fingerprint density at radius 2 is 2.08 bits per heavy atom. The lowest BCUT2D eigenvalue weighted by atomic mass is 10.2. The van der Waals surface area contributed by atoms with Gasteiger partial charge in [-0.1, -0.05) is 0 Å². The summed E-state index contributed by atoms with van der Waals surface area (Å²) < 4.78 is 7.42. The van der Waals surface area contributed by atoms with E-state index in [-0.39, 0.29) is 41.6 Å². The Balaban J connectivity index is 2.44. The van der Waals surface area contributed by atoms with Crippen LogP contribution in [0.2, 0.25) is 0 Å². The molecule has 0 atom stereocenters. The normalized spacial score (nSPS) is 10.6. The van der Waals surface area contributed by atoms with Crippen LogP contribution in [-0.4, -0.2) is 43.0 Å². The quantitative estimate of drug-likeness (QED) is 0.471. The molecule has 0 radical (unpaired) electrons. The number of anilines is 1. The number of carbonyl (C=O) groups excluding carboxylic acids is 2. The summed E-state index contributed by atoms with van der Waals surface area (Å²) in [5, 5.41) is 21.7. The van der Waals surface area contributed by atoms with Crippen molar-refractivity contribution in [2.24, 2.45) is 7.05 Å². The Labute approximate surface area is 142 Å². The van der Waals surface area contributed by atoms with Gasteiger partial charge in [0, 0.05) is 13.6 Å². The van der Waals surface area contributed by atoms with Crippen molar-refractivity contribution in [3.8, 4) is 0 Å². The third kappa shape index (κ3) is 3.34. The van der Waals surface area contributed by atoms with Crippen LogP contribution < -0.4 is 5.32 Å². The second-order valence-electron chi connectivity index (χ2n) is 5.06. The molecular formula is C14H18N6O5. The minimum absolute atomic E-state index is 0.0552. The Morgan fingerprint density at radius 1 is 1.40 bits per heavy atom. The summed E-state index contributed by atoms with van der Waals surface area (Å²) in [6.45, 7) is 5.25. The number of rotatable bonds is 6. The summed E-state index contributed by atoms with van der Waals surface area (Å²) in [5.41, 5.74) is -0.382. The van der Waals surface area contributed by atoms with Gasteiger partial charge in [0.2, 0.25) is 5.69 Å². The first-order chi connectivity index (χ1) is 11.8. The predicted octanol–water partition coefficient (Wildman–Crippen LogP) is 1.28. The van der Waals surface area contributed by atoms with E-state index in [9.17, 15) is 19.7 Å². The van der Waals surface area contributed by atoms with E-state index in [1.807, 2.05) is 0 Å². The molecule has 0 bridgehead atoms. The van der Waals surface area contributed by atoms with Gasteiger partial charge in [-0.15, -0.1) is 0 Å². The fourth-order valence-corrected chi connectivity index (χ4v) is 2.35. The number of hydrogen-bond acceptors (Lipinski definition) is 7. The van der Waals surface area contributed by atoms with Gasteiger partial charge < -0.3 is 10.1 Å².